The van der Waals surface area contributed by atoms with E-state index < -0.39 is 23.8 Å². The highest BCUT2D eigenvalue weighted by atomic mass is 27.0. The predicted molar refractivity (Wildman–Crippen MR) is 46.4 cm³/mol. The Labute approximate surface area is 86.4 Å². The van der Waals surface area contributed by atoms with Crippen molar-refractivity contribution in [3.63, 3.8) is 0 Å². The van der Waals surface area contributed by atoms with E-state index in [0.29, 0.717) is 12.8 Å². The van der Waals surface area contributed by atoms with Gasteiger partial charge >= 0.3 is 11.9 Å². The Morgan fingerprint density at radius 1 is 1.00 bits per heavy atom. The summed E-state index contributed by atoms with van der Waals surface area (Å²) >= 11 is 0. The Bertz CT molecular complexity index is 212. The minimum atomic E-state index is -1.02. The largest absolute Gasteiger partial charge is 0.481 e. The summed E-state index contributed by atoms with van der Waals surface area (Å²) in [6.07, 6.45) is 4.09. The molecule has 2 atom stereocenters. The molecule has 0 unspecified atom stereocenters. The lowest BCUT2D eigenvalue weighted by molar-refractivity contribution is -0.153. The van der Waals surface area contributed by atoms with Gasteiger partial charge in [0, 0.05) is 17.4 Å². The molecular formula is C8H10AlO4. The van der Waals surface area contributed by atoms with Crippen LogP contribution in [0.3, 0.4) is 0 Å². The highest BCUT2D eigenvalue weighted by Gasteiger charge is 2.33. The SMILES string of the molecule is O=C(O)[C@H]1CC=CC[C@H]1C(=O)O.[Al]. The van der Waals surface area contributed by atoms with Crippen molar-refractivity contribution in [2.45, 2.75) is 12.8 Å². The first-order valence-corrected chi connectivity index (χ1v) is 3.73. The Hall–Kier alpha value is -0.788. The molecular weight excluding hydrogens is 187 g/mol. The van der Waals surface area contributed by atoms with Gasteiger partial charge in [-0.15, -0.1) is 0 Å². The summed E-state index contributed by atoms with van der Waals surface area (Å²) in [7, 11) is 0. The van der Waals surface area contributed by atoms with Gasteiger partial charge in [-0.1, -0.05) is 12.2 Å². The normalized spacial score (nSPS) is 26.2. The first kappa shape index (κ1) is 12.2. The van der Waals surface area contributed by atoms with Gasteiger partial charge in [0.1, 0.15) is 0 Å². The van der Waals surface area contributed by atoms with Crippen LogP contribution in [0.2, 0.25) is 0 Å². The summed E-state index contributed by atoms with van der Waals surface area (Å²) < 4.78 is 0. The van der Waals surface area contributed by atoms with Gasteiger partial charge in [0.05, 0.1) is 11.8 Å². The van der Waals surface area contributed by atoms with Gasteiger partial charge in [0.2, 0.25) is 0 Å². The molecule has 0 aromatic heterocycles. The van der Waals surface area contributed by atoms with Gasteiger partial charge in [-0.05, 0) is 12.8 Å². The van der Waals surface area contributed by atoms with Crippen LogP contribution in [0.25, 0.3) is 0 Å². The molecule has 0 bridgehead atoms. The number of aliphatic carboxylic acids is 2. The molecule has 1 aliphatic rings. The molecule has 0 amide bonds. The molecule has 69 valence electrons. The third kappa shape index (κ3) is 2.87. The van der Waals surface area contributed by atoms with Gasteiger partial charge in [-0.2, -0.15) is 0 Å². The third-order valence-electron chi connectivity index (χ3n) is 2.07. The molecule has 0 fully saturated rings. The highest BCUT2D eigenvalue weighted by molar-refractivity contribution is 5.80. The van der Waals surface area contributed by atoms with Crippen molar-refractivity contribution in [1.82, 2.24) is 0 Å². The second-order valence-corrected chi connectivity index (χ2v) is 2.83. The molecule has 1 rings (SSSR count). The summed E-state index contributed by atoms with van der Waals surface area (Å²) in [6, 6.07) is 0. The number of hydrogen-bond donors (Lipinski definition) is 2. The zero-order chi connectivity index (χ0) is 9.14. The van der Waals surface area contributed by atoms with E-state index in [2.05, 4.69) is 0 Å². The van der Waals surface area contributed by atoms with Gasteiger partial charge in [-0.25, -0.2) is 0 Å². The molecule has 5 heteroatoms. The van der Waals surface area contributed by atoms with Crippen molar-refractivity contribution in [2.24, 2.45) is 11.8 Å². The summed E-state index contributed by atoms with van der Waals surface area (Å²) in [4.78, 5) is 21.1. The molecule has 0 saturated heterocycles. The van der Waals surface area contributed by atoms with Gasteiger partial charge in [0.15, 0.2) is 0 Å². The van der Waals surface area contributed by atoms with Crippen molar-refractivity contribution in [3.8, 4) is 0 Å². The molecule has 0 aromatic carbocycles. The van der Waals surface area contributed by atoms with Crippen molar-refractivity contribution in [3.05, 3.63) is 12.2 Å². The van der Waals surface area contributed by atoms with E-state index in [0.717, 1.165) is 0 Å². The van der Waals surface area contributed by atoms with Crippen LogP contribution >= 0.6 is 0 Å². The minimum Gasteiger partial charge on any atom is -0.481 e. The number of carbonyl (C=O) groups is 2. The molecule has 0 saturated carbocycles. The van der Waals surface area contributed by atoms with E-state index in [1.165, 1.54) is 0 Å². The lowest BCUT2D eigenvalue weighted by atomic mass is 9.83. The van der Waals surface area contributed by atoms with E-state index in [-0.39, 0.29) is 17.4 Å². The number of carboxylic acids is 2. The maximum Gasteiger partial charge on any atom is 0.307 e. The fourth-order valence-corrected chi connectivity index (χ4v) is 1.36. The Balaban J connectivity index is 0.00000144. The second-order valence-electron chi connectivity index (χ2n) is 2.83. The fourth-order valence-electron chi connectivity index (χ4n) is 1.36. The van der Waals surface area contributed by atoms with Crippen LogP contribution < -0.4 is 0 Å². The summed E-state index contributed by atoms with van der Waals surface area (Å²) in [6.45, 7) is 0. The summed E-state index contributed by atoms with van der Waals surface area (Å²) in [5, 5.41) is 17.3. The topological polar surface area (TPSA) is 74.6 Å². The van der Waals surface area contributed by atoms with Crippen LogP contribution in [0.1, 0.15) is 12.8 Å². The van der Waals surface area contributed by atoms with Crippen molar-refractivity contribution in [1.29, 1.82) is 0 Å². The Kier molecular flexibility index (Phi) is 4.75. The summed E-state index contributed by atoms with van der Waals surface area (Å²) in [5.41, 5.74) is 0. The standard InChI is InChI=1S/C8H10O4.Al/c9-7(10)5-3-1-2-4-6(5)8(11)12;/h1-2,5-6H,3-4H2,(H,9,10)(H,11,12);/t5-,6+;. The number of rotatable bonds is 2. The van der Waals surface area contributed by atoms with Gasteiger partial charge in [-0.3, -0.25) is 9.59 Å². The Morgan fingerprint density at radius 3 is 1.54 bits per heavy atom. The van der Waals surface area contributed by atoms with E-state index >= 15 is 0 Å². The van der Waals surface area contributed by atoms with Crippen molar-refractivity contribution < 1.29 is 19.8 Å². The van der Waals surface area contributed by atoms with Gasteiger partial charge in [0.25, 0.3) is 0 Å². The zero-order valence-electron chi connectivity index (χ0n) is 7.01. The fraction of sp³-hybridized carbons (Fsp3) is 0.500. The number of carboxylic acid groups (broad SMARTS) is 2. The molecule has 4 nitrogen and oxygen atoms in total. The highest BCUT2D eigenvalue weighted by Crippen LogP contribution is 2.25. The number of allylic oxidation sites excluding steroid dienone is 2. The van der Waals surface area contributed by atoms with Crippen LogP contribution in [-0.2, 0) is 9.59 Å². The van der Waals surface area contributed by atoms with Crippen molar-refractivity contribution in [2.75, 3.05) is 0 Å². The molecule has 0 heterocycles. The first-order chi connectivity index (χ1) is 5.63. The molecule has 13 heavy (non-hydrogen) atoms. The minimum absolute atomic E-state index is 0. The predicted octanol–water partition coefficient (Wildman–Crippen LogP) is 0.357. The average molecular weight is 197 g/mol. The maximum atomic E-state index is 10.6. The van der Waals surface area contributed by atoms with Crippen molar-refractivity contribution >= 4 is 29.3 Å². The lowest BCUT2D eigenvalue weighted by Crippen LogP contribution is -2.30. The van der Waals surface area contributed by atoms with E-state index in [9.17, 15) is 9.59 Å². The van der Waals surface area contributed by atoms with Crippen LogP contribution in [0, 0.1) is 11.8 Å². The quantitative estimate of drug-likeness (QED) is 0.495. The molecule has 3 radical (unpaired) electrons. The van der Waals surface area contributed by atoms with E-state index in [1.807, 2.05) is 0 Å². The molecule has 0 aliphatic heterocycles. The maximum absolute atomic E-state index is 10.6. The van der Waals surface area contributed by atoms with Crippen LogP contribution in [0.15, 0.2) is 12.2 Å². The third-order valence-corrected chi connectivity index (χ3v) is 2.07. The second kappa shape index (κ2) is 5.05. The monoisotopic (exact) mass is 197 g/mol. The lowest BCUT2D eigenvalue weighted by Gasteiger charge is -2.20. The van der Waals surface area contributed by atoms with E-state index in [1.54, 1.807) is 12.2 Å². The average Bonchev–Trinajstić information content (AvgIpc) is 2.04. The Morgan fingerprint density at radius 2 is 1.31 bits per heavy atom. The molecule has 0 aromatic rings. The van der Waals surface area contributed by atoms with Crippen LogP contribution in [-0.4, -0.2) is 39.5 Å². The summed E-state index contributed by atoms with van der Waals surface area (Å²) in [5.74, 6) is -3.56. The van der Waals surface area contributed by atoms with Crippen LogP contribution in [0.5, 0.6) is 0 Å². The molecule has 0 spiro atoms. The smallest absolute Gasteiger partial charge is 0.307 e. The number of hydrogen-bond acceptors (Lipinski definition) is 2. The first-order valence-electron chi connectivity index (χ1n) is 3.73. The zero-order valence-corrected chi connectivity index (χ0v) is 8.17. The van der Waals surface area contributed by atoms with Crippen LogP contribution in [0.4, 0.5) is 0 Å². The molecule has 1 aliphatic carbocycles. The van der Waals surface area contributed by atoms with E-state index in [4.69, 9.17) is 10.2 Å². The molecule has 2 N–H and O–H groups in total. The van der Waals surface area contributed by atoms with Gasteiger partial charge < -0.3 is 10.2 Å².